The number of carbonyl (C=O) groups is 4. The van der Waals surface area contributed by atoms with Crippen molar-refractivity contribution in [1.82, 2.24) is 20.3 Å². The third-order valence-electron chi connectivity index (χ3n) is 8.84. The van der Waals surface area contributed by atoms with Crippen LogP contribution in [0.3, 0.4) is 0 Å². The van der Waals surface area contributed by atoms with Gasteiger partial charge in [-0.25, -0.2) is 8.42 Å². The van der Waals surface area contributed by atoms with Gasteiger partial charge in [0.1, 0.15) is 11.6 Å². The minimum absolute atomic E-state index is 0.0789. The Bertz CT molecular complexity index is 1120. The van der Waals surface area contributed by atoms with Crippen molar-refractivity contribution in [3.05, 3.63) is 12.7 Å². The fourth-order valence-electron chi connectivity index (χ4n) is 6.16. The van der Waals surface area contributed by atoms with Gasteiger partial charge in [0, 0.05) is 31.3 Å². The topological polar surface area (TPSA) is 142 Å². The average Bonchev–Trinajstić information content (AvgIpc) is 3.82. The van der Waals surface area contributed by atoms with E-state index in [9.17, 15) is 27.6 Å². The van der Waals surface area contributed by atoms with E-state index in [0.717, 1.165) is 32.1 Å². The summed E-state index contributed by atoms with van der Waals surface area (Å²) < 4.78 is 27.0. The van der Waals surface area contributed by atoms with Crippen LogP contribution in [0.5, 0.6) is 0 Å². The zero-order chi connectivity index (χ0) is 29.3. The molecule has 1 saturated heterocycles. The molecule has 1 aliphatic heterocycles. The van der Waals surface area contributed by atoms with Crippen molar-refractivity contribution in [2.75, 3.05) is 13.1 Å². The molecule has 1 heterocycles. The summed E-state index contributed by atoms with van der Waals surface area (Å²) in [4.78, 5) is 55.2. The van der Waals surface area contributed by atoms with Gasteiger partial charge in [0.25, 0.3) is 5.91 Å². The number of hydrogen-bond donors (Lipinski definition) is 3. The zero-order valence-corrected chi connectivity index (χ0v) is 25.0. The smallest absolute Gasteiger partial charge is 0.259 e. The number of sulfonamides is 1. The number of carbonyl (C=O) groups excluding carboxylic acids is 4. The van der Waals surface area contributed by atoms with Gasteiger partial charge in [-0.2, -0.15) is 0 Å². The molecule has 4 rings (SSSR count). The van der Waals surface area contributed by atoms with E-state index >= 15 is 0 Å². The molecule has 3 saturated carbocycles. The third-order valence-corrected chi connectivity index (χ3v) is 10.7. The predicted octanol–water partition coefficient (Wildman–Crippen LogP) is 2.40. The molecule has 4 fully saturated rings. The molecule has 0 aromatic heterocycles. The van der Waals surface area contributed by atoms with Gasteiger partial charge in [-0.05, 0) is 56.3 Å². The Labute approximate surface area is 238 Å². The van der Waals surface area contributed by atoms with E-state index in [-0.39, 0.29) is 36.0 Å². The maximum Gasteiger partial charge on any atom is 0.259 e. The lowest BCUT2D eigenvalue weighted by Crippen LogP contribution is -2.57. The number of hydrogen-bond acceptors (Lipinski definition) is 6. The average molecular weight is 579 g/mol. The molecule has 0 aromatic rings. The Balaban J connectivity index is 1.46. The van der Waals surface area contributed by atoms with Gasteiger partial charge in [0.2, 0.25) is 27.7 Å². The summed E-state index contributed by atoms with van der Waals surface area (Å²) in [6, 6.07) is -0.771. The molecule has 3 N–H and O–H groups in total. The summed E-state index contributed by atoms with van der Waals surface area (Å²) in [5.41, 5.74) is -1.46. The molecular weight excluding hydrogens is 532 g/mol. The van der Waals surface area contributed by atoms with Crippen LogP contribution in [0.1, 0.15) is 91.4 Å². The van der Waals surface area contributed by atoms with Crippen molar-refractivity contribution in [2.45, 2.75) is 108 Å². The summed E-state index contributed by atoms with van der Waals surface area (Å²) in [6.45, 7) is 10.8. The summed E-state index contributed by atoms with van der Waals surface area (Å²) in [5, 5.41) is 5.22. The fraction of sp³-hybridized carbons (Fsp3) is 0.793. The van der Waals surface area contributed by atoms with Crippen LogP contribution in [-0.2, 0) is 29.2 Å². The monoisotopic (exact) mass is 578 g/mol. The van der Waals surface area contributed by atoms with E-state index in [0.29, 0.717) is 38.8 Å². The summed E-state index contributed by atoms with van der Waals surface area (Å²) in [7, 11) is -3.78. The van der Waals surface area contributed by atoms with Crippen molar-refractivity contribution in [2.24, 2.45) is 23.2 Å². The van der Waals surface area contributed by atoms with Gasteiger partial charge in [-0.1, -0.05) is 46.1 Å². The molecule has 0 radical (unpaired) electrons. The Kier molecular flexibility index (Phi) is 9.02. The second-order valence-corrected chi connectivity index (χ2v) is 15.4. The lowest BCUT2D eigenvalue weighted by Gasteiger charge is -2.34. The molecule has 224 valence electrons. The minimum atomic E-state index is -3.78. The number of likely N-dealkylation sites (tertiary alicyclic amines) is 1. The van der Waals surface area contributed by atoms with Crippen molar-refractivity contribution in [1.29, 1.82) is 0 Å². The third kappa shape index (κ3) is 7.06. The maximum absolute atomic E-state index is 14.0. The quantitative estimate of drug-likeness (QED) is 0.322. The molecule has 3 aliphatic carbocycles. The van der Waals surface area contributed by atoms with Crippen molar-refractivity contribution >= 4 is 33.7 Å². The van der Waals surface area contributed by atoms with E-state index in [1.165, 1.54) is 0 Å². The molecular formula is C29H46N4O6S. The number of nitrogens with one attached hydrogen (secondary N) is 3. The Morgan fingerprint density at radius 3 is 2.27 bits per heavy atom. The van der Waals surface area contributed by atoms with Crippen molar-refractivity contribution in [3.8, 4) is 0 Å². The van der Waals surface area contributed by atoms with Crippen LogP contribution < -0.4 is 15.4 Å². The molecule has 0 bridgehead atoms. The van der Waals surface area contributed by atoms with Crippen LogP contribution in [-0.4, -0.2) is 66.9 Å². The van der Waals surface area contributed by atoms with Crippen LogP contribution >= 0.6 is 0 Å². The van der Waals surface area contributed by atoms with Gasteiger partial charge < -0.3 is 15.5 Å². The summed E-state index contributed by atoms with van der Waals surface area (Å²) >= 11 is 0. The Hall–Kier alpha value is -2.43. The van der Waals surface area contributed by atoms with Crippen molar-refractivity contribution < 1.29 is 27.6 Å². The SMILES string of the molecule is C=CC1C[C@]1(NC(=O)[C@@H]1CCCN1C(=O)[C@@H](CC(=O)NCC(C)(C)C)C1CCCCC1)C(=O)NS(=O)(=O)C1CC1. The second kappa shape index (κ2) is 11.8. The second-order valence-electron chi connectivity index (χ2n) is 13.4. The predicted molar refractivity (Wildman–Crippen MR) is 151 cm³/mol. The largest absolute Gasteiger partial charge is 0.356 e. The Morgan fingerprint density at radius 2 is 1.70 bits per heavy atom. The molecule has 0 aromatic carbocycles. The molecule has 10 nitrogen and oxygen atoms in total. The van der Waals surface area contributed by atoms with Gasteiger partial charge in [0.05, 0.1) is 5.25 Å². The molecule has 4 atom stereocenters. The highest BCUT2D eigenvalue weighted by Gasteiger charge is 2.61. The number of rotatable bonds is 11. The first-order chi connectivity index (χ1) is 18.8. The number of amides is 4. The highest BCUT2D eigenvalue weighted by Crippen LogP contribution is 2.45. The minimum Gasteiger partial charge on any atom is -0.356 e. The molecule has 40 heavy (non-hydrogen) atoms. The molecule has 1 unspecified atom stereocenters. The van der Waals surface area contributed by atoms with Gasteiger partial charge in [-0.3, -0.25) is 23.9 Å². The molecule has 4 aliphatic rings. The van der Waals surface area contributed by atoms with Crippen LogP contribution in [0.4, 0.5) is 0 Å². The van der Waals surface area contributed by atoms with Crippen LogP contribution in [0.25, 0.3) is 0 Å². The summed E-state index contributed by atoms with van der Waals surface area (Å²) in [5.74, 6) is -2.35. The Morgan fingerprint density at radius 1 is 1.02 bits per heavy atom. The van der Waals surface area contributed by atoms with Crippen LogP contribution in [0.15, 0.2) is 12.7 Å². The highest BCUT2D eigenvalue weighted by molar-refractivity contribution is 7.91. The summed E-state index contributed by atoms with van der Waals surface area (Å²) in [6.07, 6.45) is 8.94. The zero-order valence-electron chi connectivity index (χ0n) is 24.2. The lowest BCUT2D eigenvalue weighted by molar-refractivity contribution is -0.145. The van der Waals surface area contributed by atoms with Gasteiger partial charge >= 0.3 is 0 Å². The molecule has 0 spiro atoms. The number of nitrogens with zero attached hydrogens (tertiary/aromatic N) is 1. The van der Waals surface area contributed by atoms with Crippen molar-refractivity contribution in [3.63, 3.8) is 0 Å². The normalized spacial score (nSPS) is 27.9. The molecule has 11 heteroatoms. The fourth-order valence-corrected chi connectivity index (χ4v) is 7.53. The van der Waals surface area contributed by atoms with Gasteiger partial charge in [0.15, 0.2) is 0 Å². The van der Waals surface area contributed by atoms with E-state index in [2.05, 4.69) is 21.9 Å². The van der Waals surface area contributed by atoms with E-state index in [1.807, 2.05) is 20.8 Å². The van der Waals surface area contributed by atoms with E-state index in [4.69, 9.17) is 0 Å². The molecule has 4 amide bonds. The van der Waals surface area contributed by atoms with Crippen LogP contribution in [0, 0.1) is 23.2 Å². The lowest BCUT2D eigenvalue weighted by atomic mass is 9.77. The van der Waals surface area contributed by atoms with Gasteiger partial charge in [-0.15, -0.1) is 6.58 Å². The standard InChI is InChI=1S/C29H46N4O6S/c1-5-20-17-29(20,27(37)32-40(38,39)21-13-14-21)31-25(35)23-12-9-15-33(23)26(36)22(19-10-7-6-8-11-19)16-24(34)30-18-28(2,3)4/h5,19-23H,1,6-18H2,2-4H3,(H,30,34)(H,31,35)(H,32,37)/t20?,22-,23-,29+/m0/s1. The van der Waals surface area contributed by atoms with E-state index in [1.54, 1.807) is 11.0 Å². The first-order valence-electron chi connectivity index (χ1n) is 14.9. The highest BCUT2D eigenvalue weighted by atomic mass is 32.2. The maximum atomic E-state index is 14.0. The first kappa shape index (κ1) is 30.5. The first-order valence-corrected chi connectivity index (χ1v) is 16.4. The van der Waals surface area contributed by atoms with Crippen LogP contribution in [0.2, 0.25) is 0 Å². The van der Waals surface area contributed by atoms with E-state index < -0.39 is 50.5 Å².